The predicted octanol–water partition coefficient (Wildman–Crippen LogP) is 4.60. The minimum absolute atomic E-state index is 0.0161. The zero-order valence-electron chi connectivity index (χ0n) is 16.0. The Labute approximate surface area is 167 Å². The van der Waals surface area contributed by atoms with Crippen molar-refractivity contribution in [3.05, 3.63) is 70.9 Å². The van der Waals surface area contributed by atoms with Crippen molar-refractivity contribution in [2.24, 2.45) is 0 Å². The summed E-state index contributed by atoms with van der Waals surface area (Å²) >= 11 is 1.59. The van der Waals surface area contributed by atoms with Crippen molar-refractivity contribution in [2.75, 3.05) is 11.9 Å². The number of carbonyl (C=O) groups excluding carboxylic acids is 1. The lowest BCUT2D eigenvalue weighted by Gasteiger charge is -2.30. The second kappa shape index (κ2) is 6.27. The Morgan fingerprint density at radius 3 is 2.57 bits per heavy atom. The number of para-hydroxylation sites is 1. The lowest BCUT2D eigenvalue weighted by atomic mass is 9.85. The number of hydrogen-bond acceptors (Lipinski definition) is 4. The zero-order valence-corrected chi connectivity index (χ0v) is 16.8. The molecule has 0 bridgehead atoms. The average molecular weight is 388 g/mol. The van der Waals surface area contributed by atoms with E-state index in [0.717, 1.165) is 38.0 Å². The summed E-state index contributed by atoms with van der Waals surface area (Å²) in [6, 6.07) is 16.5. The largest absolute Gasteiger partial charge is 0.299 e. The van der Waals surface area contributed by atoms with Crippen molar-refractivity contribution in [2.45, 2.75) is 26.2 Å². The Hall–Kier alpha value is -2.99. The van der Waals surface area contributed by atoms with Crippen molar-refractivity contribution in [1.82, 2.24) is 14.8 Å². The summed E-state index contributed by atoms with van der Waals surface area (Å²) in [6.45, 7) is 4.10. The van der Waals surface area contributed by atoms with Gasteiger partial charge in [-0.15, -0.1) is 0 Å². The number of aromatic nitrogens is 3. The highest BCUT2D eigenvalue weighted by atomic mass is 32.1. The summed E-state index contributed by atoms with van der Waals surface area (Å²) in [4.78, 5) is 19.3. The summed E-state index contributed by atoms with van der Waals surface area (Å²) in [7, 11) is 1.83. The van der Waals surface area contributed by atoms with Crippen LogP contribution in [0.5, 0.6) is 0 Å². The van der Waals surface area contributed by atoms with Gasteiger partial charge < -0.3 is 0 Å². The number of rotatable bonds is 2. The monoisotopic (exact) mass is 388 g/mol. The smallest absolute Gasteiger partial charge is 0.228 e. The molecule has 5 rings (SSSR count). The van der Waals surface area contributed by atoms with Crippen LogP contribution >= 0.6 is 11.3 Å². The van der Waals surface area contributed by atoms with Gasteiger partial charge in [-0.25, -0.2) is 4.98 Å². The molecule has 0 fully saturated rings. The minimum Gasteiger partial charge on any atom is -0.299 e. The van der Waals surface area contributed by atoms with E-state index < -0.39 is 0 Å². The van der Waals surface area contributed by atoms with Gasteiger partial charge in [0.25, 0.3) is 0 Å². The van der Waals surface area contributed by atoms with Crippen LogP contribution in [0.3, 0.4) is 0 Å². The maximum absolute atomic E-state index is 12.8. The standard InChI is InChI=1S/C22H20N4OS/c1-13-8-10-15(11-9-13)16-12-19(27)25(3)21-20(16)14(2)24-26(21)22-23-17-6-4-5-7-18(17)28-22/h4-11,16H,12H2,1-3H3/t16-/m1/s1. The number of fused-ring (bicyclic) bond motifs is 2. The molecule has 0 radical (unpaired) electrons. The highest BCUT2D eigenvalue weighted by Gasteiger charge is 2.36. The predicted molar refractivity (Wildman–Crippen MR) is 113 cm³/mol. The highest BCUT2D eigenvalue weighted by Crippen LogP contribution is 2.43. The number of benzene rings is 2. The molecule has 0 aliphatic carbocycles. The highest BCUT2D eigenvalue weighted by molar-refractivity contribution is 7.20. The molecule has 1 atom stereocenters. The Morgan fingerprint density at radius 2 is 1.82 bits per heavy atom. The Bertz CT molecular complexity index is 1170. The van der Waals surface area contributed by atoms with Gasteiger partial charge in [-0.1, -0.05) is 53.3 Å². The van der Waals surface area contributed by atoms with E-state index in [-0.39, 0.29) is 11.8 Å². The maximum Gasteiger partial charge on any atom is 0.228 e. The summed E-state index contributed by atoms with van der Waals surface area (Å²) in [5, 5.41) is 5.59. The van der Waals surface area contributed by atoms with Crippen LogP contribution in [0, 0.1) is 13.8 Å². The Balaban J connectivity index is 1.71. The first-order valence-corrected chi connectivity index (χ1v) is 10.1. The first-order chi connectivity index (χ1) is 13.5. The zero-order chi connectivity index (χ0) is 19.4. The number of anilines is 1. The van der Waals surface area contributed by atoms with E-state index in [2.05, 4.69) is 37.3 Å². The maximum atomic E-state index is 12.8. The van der Waals surface area contributed by atoms with Crippen LogP contribution in [0.4, 0.5) is 5.82 Å². The quantitative estimate of drug-likeness (QED) is 0.504. The molecule has 28 heavy (non-hydrogen) atoms. The van der Waals surface area contributed by atoms with Crippen LogP contribution in [-0.2, 0) is 4.79 Å². The van der Waals surface area contributed by atoms with E-state index >= 15 is 0 Å². The second-order valence-electron chi connectivity index (χ2n) is 7.32. The third-order valence-corrected chi connectivity index (χ3v) is 6.46. The number of thiazole rings is 1. The van der Waals surface area contributed by atoms with E-state index in [0.29, 0.717) is 6.42 Å². The van der Waals surface area contributed by atoms with Gasteiger partial charge in [0.15, 0.2) is 0 Å². The molecule has 2 aromatic heterocycles. The number of nitrogens with zero attached hydrogens (tertiary/aromatic N) is 4. The molecule has 0 spiro atoms. The normalized spacial score (nSPS) is 16.6. The molecule has 0 unspecified atom stereocenters. The summed E-state index contributed by atoms with van der Waals surface area (Å²) in [6.07, 6.45) is 0.457. The lowest BCUT2D eigenvalue weighted by molar-refractivity contribution is -0.118. The lowest BCUT2D eigenvalue weighted by Crippen LogP contribution is -2.34. The molecule has 0 N–H and O–H groups in total. The molecule has 0 saturated heterocycles. The molecule has 3 heterocycles. The molecule has 4 aromatic rings. The molecule has 140 valence electrons. The van der Waals surface area contributed by atoms with Crippen LogP contribution in [0.25, 0.3) is 15.3 Å². The summed E-state index contributed by atoms with van der Waals surface area (Å²) < 4.78 is 2.95. The van der Waals surface area contributed by atoms with Crippen molar-refractivity contribution in [3.8, 4) is 5.13 Å². The van der Waals surface area contributed by atoms with E-state index in [1.54, 1.807) is 16.2 Å². The molecule has 1 aliphatic heterocycles. The molecular formula is C22H20N4OS. The topological polar surface area (TPSA) is 51.0 Å². The fourth-order valence-electron chi connectivity index (χ4n) is 3.96. The van der Waals surface area contributed by atoms with Crippen molar-refractivity contribution in [1.29, 1.82) is 0 Å². The van der Waals surface area contributed by atoms with Crippen LogP contribution in [-0.4, -0.2) is 27.7 Å². The van der Waals surface area contributed by atoms with Crippen LogP contribution in [0.1, 0.15) is 34.7 Å². The first kappa shape index (κ1) is 17.1. The number of amides is 1. The molecule has 0 saturated carbocycles. The van der Waals surface area contributed by atoms with Gasteiger partial charge in [0.05, 0.1) is 15.9 Å². The molecule has 1 amide bonds. The third-order valence-electron chi connectivity index (χ3n) is 5.44. The minimum atomic E-state index is 0.0161. The number of aryl methyl sites for hydroxylation is 2. The van der Waals surface area contributed by atoms with Crippen molar-refractivity contribution in [3.63, 3.8) is 0 Å². The fourth-order valence-corrected chi connectivity index (χ4v) is 4.88. The van der Waals surface area contributed by atoms with Gasteiger partial charge >= 0.3 is 0 Å². The SMILES string of the molecule is Cc1ccc([C@H]2CC(=O)N(C)c3c2c(C)nn3-c2nc3ccccc3s2)cc1. The van der Waals surface area contributed by atoms with Gasteiger partial charge in [0.1, 0.15) is 5.82 Å². The van der Waals surface area contributed by atoms with Crippen molar-refractivity contribution < 1.29 is 4.79 Å². The van der Waals surface area contributed by atoms with E-state index in [1.165, 1.54) is 5.56 Å². The van der Waals surface area contributed by atoms with Crippen LogP contribution in [0.2, 0.25) is 0 Å². The number of hydrogen-bond donors (Lipinski definition) is 0. The van der Waals surface area contributed by atoms with Crippen molar-refractivity contribution >= 4 is 33.3 Å². The molecule has 6 heteroatoms. The van der Waals surface area contributed by atoms with Gasteiger partial charge in [0, 0.05) is 24.9 Å². The third kappa shape index (κ3) is 2.56. The first-order valence-electron chi connectivity index (χ1n) is 9.31. The van der Waals surface area contributed by atoms with E-state index in [9.17, 15) is 4.79 Å². The van der Waals surface area contributed by atoms with Gasteiger partial charge in [-0.05, 0) is 31.5 Å². The average Bonchev–Trinajstić information content (AvgIpc) is 3.27. The Morgan fingerprint density at radius 1 is 1.07 bits per heavy atom. The van der Waals surface area contributed by atoms with Gasteiger partial charge in [0.2, 0.25) is 11.0 Å². The summed E-state index contributed by atoms with van der Waals surface area (Å²) in [5.74, 6) is 0.946. The molecule has 5 nitrogen and oxygen atoms in total. The molecular weight excluding hydrogens is 368 g/mol. The molecule has 2 aromatic carbocycles. The van der Waals surface area contributed by atoms with Crippen LogP contribution in [0.15, 0.2) is 48.5 Å². The van der Waals surface area contributed by atoms with Crippen LogP contribution < -0.4 is 4.90 Å². The van der Waals surface area contributed by atoms with Gasteiger partial charge in [-0.2, -0.15) is 9.78 Å². The summed E-state index contributed by atoms with van der Waals surface area (Å²) in [5.41, 5.74) is 5.37. The van der Waals surface area contributed by atoms with E-state index in [4.69, 9.17) is 10.1 Å². The second-order valence-corrected chi connectivity index (χ2v) is 8.33. The molecule has 1 aliphatic rings. The van der Waals surface area contributed by atoms with E-state index in [1.807, 2.05) is 36.9 Å². The fraction of sp³-hybridized carbons (Fsp3) is 0.227. The number of carbonyl (C=O) groups is 1. The Kier molecular flexibility index (Phi) is 3.84. The van der Waals surface area contributed by atoms with Gasteiger partial charge in [-0.3, -0.25) is 9.69 Å².